The molecular formula is C24H24N4OS. The fraction of sp³-hybridized carbons (Fsp3) is 0.292. The first-order valence-corrected chi connectivity index (χ1v) is 11.1. The van der Waals surface area contributed by atoms with Gasteiger partial charge in [-0.2, -0.15) is 0 Å². The monoisotopic (exact) mass is 416 g/mol. The number of carbonyl (C=O) groups excluding carboxylic acids is 1. The number of amides is 1. The summed E-state index contributed by atoms with van der Waals surface area (Å²) in [5.74, 6) is 0.418. The highest BCUT2D eigenvalue weighted by molar-refractivity contribution is 7.20. The molecule has 0 saturated carbocycles. The SMILES string of the molecule is CN(C)C(=O)c1sc2ncccc2c1[C@@H]1CCN(Cc2ccnc3ccccc23)C1. The van der Waals surface area contributed by atoms with Crippen LogP contribution in [0.15, 0.2) is 54.9 Å². The second kappa shape index (κ2) is 7.78. The van der Waals surface area contributed by atoms with Gasteiger partial charge in [0.25, 0.3) is 5.91 Å². The van der Waals surface area contributed by atoms with Crippen molar-refractivity contribution in [2.24, 2.45) is 0 Å². The van der Waals surface area contributed by atoms with E-state index in [1.54, 1.807) is 4.90 Å². The van der Waals surface area contributed by atoms with Crippen LogP contribution in [0.25, 0.3) is 21.1 Å². The third kappa shape index (κ3) is 3.36. The van der Waals surface area contributed by atoms with Gasteiger partial charge in [0.05, 0.1) is 10.4 Å². The summed E-state index contributed by atoms with van der Waals surface area (Å²) in [4.78, 5) is 27.9. The number of benzene rings is 1. The van der Waals surface area contributed by atoms with Gasteiger partial charge < -0.3 is 4.90 Å². The quantitative estimate of drug-likeness (QED) is 0.490. The van der Waals surface area contributed by atoms with Crippen molar-refractivity contribution in [3.8, 4) is 0 Å². The number of fused-ring (bicyclic) bond motifs is 2. The third-order valence-electron chi connectivity index (χ3n) is 5.92. The molecule has 0 radical (unpaired) electrons. The molecule has 0 bridgehead atoms. The molecule has 6 heteroatoms. The van der Waals surface area contributed by atoms with Crippen LogP contribution in [0, 0.1) is 0 Å². The van der Waals surface area contributed by atoms with Crippen molar-refractivity contribution in [2.45, 2.75) is 18.9 Å². The topological polar surface area (TPSA) is 49.3 Å². The van der Waals surface area contributed by atoms with E-state index in [0.717, 1.165) is 46.7 Å². The van der Waals surface area contributed by atoms with Crippen LogP contribution in [-0.4, -0.2) is 52.9 Å². The normalized spacial score (nSPS) is 17.1. The first-order valence-electron chi connectivity index (χ1n) is 10.3. The highest BCUT2D eigenvalue weighted by Crippen LogP contribution is 2.40. The Bertz CT molecular complexity index is 1230. The summed E-state index contributed by atoms with van der Waals surface area (Å²) >= 11 is 1.53. The van der Waals surface area contributed by atoms with Crippen LogP contribution >= 0.6 is 11.3 Å². The van der Waals surface area contributed by atoms with E-state index in [1.165, 1.54) is 27.8 Å². The number of pyridine rings is 2. The Morgan fingerprint density at radius 2 is 1.93 bits per heavy atom. The number of thiophene rings is 1. The molecule has 1 aromatic carbocycles. The molecule has 0 N–H and O–H groups in total. The summed E-state index contributed by atoms with van der Waals surface area (Å²) in [7, 11) is 3.64. The minimum absolute atomic E-state index is 0.0755. The minimum atomic E-state index is 0.0755. The Kier molecular flexibility index (Phi) is 4.97. The van der Waals surface area contributed by atoms with Crippen LogP contribution in [0.2, 0.25) is 0 Å². The molecule has 5 nitrogen and oxygen atoms in total. The Morgan fingerprint density at radius 3 is 2.80 bits per heavy atom. The standard InChI is InChI=1S/C24H24N4OS/c1-27(2)24(29)22-21(19-7-5-11-26-23(19)30-22)17-10-13-28(15-17)14-16-9-12-25-20-8-4-3-6-18(16)20/h3-9,11-12,17H,10,13-15H2,1-2H3/t17-/m1/s1. The van der Waals surface area contributed by atoms with Crippen LogP contribution in [-0.2, 0) is 6.54 Å². The van der Waals surface area contributed by atoms with Gasteiger partial charge in [-0.05, 0) is 42.3 Å². The number of aromatic nitrogens is 2. The minimum Gasteiger partial charge on any atom is -0.344 e. The van der Waals surface area contributed by atoms with Gasteiger partial charge in [-0.3, -0.25) is 14.7 Å². The number of likely N-dealkylation sites (tertiary alicyclic amines) is 1. The molecule has 0 aliphatic carbocycles. The Morgan fingerprint density at radius 1 is 1.10 bits per heavy atom. The van der Waals surface area contributed by atoms with Crippen LogP contribution in [0.4, 0.5) is 0 Å². The summed E-state index contributed by atoms with van der Waals surface area (Å²) in [6.07, 6.45) is 4.76. The third-order valence-corrected chi connectivity index (χ3v) is 7.04. The van der Waals surface area contributed by atoms with Gasteiger partial charge in [0.15, 0.2) is 0 Å². The summed E-state index contributed by atoms with van der Waals surface area (Å²) in [6.45, 7) is 2.87. The van der Waals surface area contributed by atoms with E-state index in [9.17, 15) is 4.79 Å². The van der Waals surface area contributed by atoms with E-state index in [1.807, 2.05) is 38.6 Å². The van der Waals surface area contributed by atoms with Crippen molar-refractivity contribution >= 4 is 38.4 Å². The largest absolute Gasteiger partial charge is 0.344 e. The molecule has 1 fully saturated rings. The van der Waals surface area contributed by atoms with Crippen LogP contribution in [0.5, 0.6) is 0 Å². The predicted octanol–water partition coefficient (Wildman–Crippen LogP) is 4.54. The van der Waals surface area contributed by atoms with Crippen molar-refractivity contribution in [3.63, 3.8) is 0 Å². The lowest BCUT2D eigenvalue weighted by molar-refractivity contribution is 0.0831. The van der Waals surface area contributed by atoms with Crippen molar-refractivity contribution in [1.29, 1.82) is 0 Å². The molecule has 5 rings (SSSR count). The number of hydrogen-bond acceptors (Lipinski definition) is 5. The van der Waals surface area contributed by atoms with E-state index in [0.29, 0.717) is 5.92 Å². The molecular weight excluding hydrogens is 392 g/mol. The van der Waals surface area contributed by atoms with Crippen LogP contribution < -0.4 is 0 Å². The molecule has 1 amide bonds. The van der Waals surface area contributed by atoms with E-state index >= 15 is 0 Å². The number of para-hydroxylation sites is 1. The van der Waals surface area contributed by atoms with Crippen LogP contribution in [0.1, 0.15) is 33.1 Å². The molecule has 4 aromatic rings. The molecule has 1 aliphatic heterocycles. The highest BCUT2D eigenvalue weighted by Gasteiger charge is 2.31. The molecule has 4 heterocycles. The van der Waals surface area contributed by atoms with Gasteiger partial charge in [-0.1, -0.05) is 24.3 Å². The molecule has 3 aromatic heterocycles. The maximum Gasteiger partial charge on any atom is 0.263 e. The van der Waals surface area contributed by atoms with Crippen molar-refractivity contribution in [1.82, 2.24) is 19.8 Å². The lowest BCUT2D eigenvalue weighted by Crippen LogP contribution is -2.23. The number of carbonyl (C=O) groups is 1. The number of hydrogen-bond donors (Lipinski definition) is 0. The Balaban J connectivity index is 1.45. The average molecular weight is 417 g/mol. The van der Waals surface area contributed by atoms with Gasteiger partial charge in [-0.15, -0.1) is 11.3 Å². The molecule has 1 atom stereocenters. The molecule has 30 heavy (non-hydrogen) atoms. The Hall–Kier alpha value is -2.83. The van der Waals surface area contributed by atoms with E-state index < -0.39 is 0 Å². The van der Waals surface area contributed by atoms with E-state index in [4.69, 9.17) is 0 Å². The zero-order chi connectivity index (χ0) is 20.7. The maximum absolute atomic E-state index is 12.9. The first-order chi connectivity index (χ1) is 14.6. The fourth-order valence-electron chi connectivity index (χ4n) is 4.46. The second-order valence-corrected chi connectivity index (χ2v) is 9.11. The second-order valence-electron chi connectivity index (χ2n) is 8.11. The van der Waals surface area contributed by atoms with Crippen molar-refractivity contribution < 1.29 is 4.79 Å². The Labute approximate surface area is 180 Å². The van der Waals surface area contributed by atoms with Gasteiger partial charge in [0, 0.05) is 56.3 Å². The smallest absolute Gasteiger partial charge is 0.263 e. The lowest BCUT2D eigenvalue weighted by Gasteiger charge is -2.18. The van der Waals surface area contributed by atoms with Gasteiger partial charge in [0.1, 0.15) is 4.83 Å². The number of nitrogens with zero attached hydrogens (tertiary/aromatic N) is 4. The first kappa shape index (κ1) is 19.2. The van der Waals surface area contributed by atoms with Gasteiger partial charge in [0.2, 0.25) is 0 Å². The molecule has 152 valence electrons. The summed E-state index contributed by atoms with van der Waals surface area (Å²) in [5, 5.41) is 2.35. The number of rotatable bonds is 4. The zero-order valence-electron chi connectivity index (χ0n) is 17.2. The fourth-order valence-corrected chi connectivity index (χ4v) is 5.72. The molecule has 0 unspecified atom stereocenters. The van der Waals surface area contributed by atoms with E-state index in [-0.39, 0.29) is 5.91 Å². The van der Waals surface area contributed by atoms with Crippen molar-refractivity contribution in [3.05, 3.63) is 70.9 Å². The van der Waals surface area contributed by atoms with Crippen LogP contribution in [0.3, 0.4) is 0 Å². The predicted molar refractivity (Wildman–Crippen MR) is 122 cm³/mol. The maximum atomic E-state index is 12.9. The lowest BCUT2D eigenvalue weighted by atomic mass is 9.95. The average Bonchev–Trinajstić information content (AvgIpc) is 3.37. The highest BCUT2D eigenvalue weighted by atomic mass is 32.1. The molecule has 0 spiro atoms. The summed E-state index contributed by atoms with van der Waals surface area (Å²) < 4.78 is 0. The zero-order valence-corrected chi connectivity index (χ0v) is 18.0. The summed E-state index contributed by atoms with van der Waals surface area (Å²) in [5.41, 5.74) is 3.53. The van der Waals surface area contributed by atoms with Gasteiger partial charge >= 0.3 is 0 Å². The summed E-state index contributed by atoms with van der Waals surface area (Å²) in [6, 6.07) is 14.5. The molecule has 1 aliphatic rings. The van der Waals surface area contributed by atoms with Crippen molar-refractivity contribution in [2.75, 3.05) is 27.2 Å². The van der Waals surface area contributed by atoms with Gasteiger partial charge in [-0.25, -0.2) is 4.98 Å². The molecule has 1 saturated heterocycles. The van der Waals surface area contributed by atoms with E-state index in [2.05, 4.69) is 45.2 Å².